The van der Waals surface area contributed by atoms with Crippen molar-refractivity contribution in [2.75, 3.05) is 0 Å². The molecule has 0 heterocycles. The average Bonchev–Trinajstić information content (AvgIpc) is 2.06. The second-order valence-electron chi connectivity index (χ2n) is 3.26. The molecule has 10 nitrogen and oxygen atoms in total. The van der Waals surface area contributed by atoms with Crippen LogP contribution >= 0.6 is 0 Å². The minimum Gasteiger partial charge on any atom is -0.481 e. The smallest absolute Gasteiger partial charge is 0.325 e. The fraction of sp³-hybridized carbons (Fsp3) is 0.667. The summed E-state index contributed by atoms with van der Waals surface area (Å²) in [5.74, 6) is -3.74. The predicted octanol–water partition coefficient (Wildman–Crippen LogP) is -1.55. The number of carboxylic acids is 2. The molecule has 4 N–H and O–H groups in total. The quantitative estimate of drug-likeness (QED) is 0.401. The van der Waals surface area contributed by atoms with Gasteiger partial charge >= 0.3 is 11.9 Å². The van der Waals surface area contributed by atoms with Crippen molar-refractivity contribution in [3.05, 3.63) is 0 Å². The van der Waals surface area contributed by atoms with Crippen LogP contribution in [0.4, 0.5) is 0 Å². The number of carbonyl (C=O) groups is 2. The van der Waals surface area contributed by atoms with E-state index in [2.05, 4.69) is 0 Å². The highest BCUT2D eigenvalue weighted by atomic mass is 32.2. The van der Waals surface area contributed by atoms with Crippen LogP contribution in [-0.4, -0.2) is 58.6 Å². The fourth-order valence-electron chi connectivity index (χ4n) is 1.20. The van der Waals surface area contributed by atoms with E-state index in [1.54, 1.807) is 0 Å². The van der Waals surface area contributed by atoms with Crippen LogP contribution in [0.15, 0.2) is 0 Å². The molecule has 0 amide bonds. The molecule has 0 rings (SSSR count). The highest BCUT2D eigenvalue weighted by Crippen LogP contribution is 2.18. The van der Waals surface area contributed by atoms with E-state index in [1.807, 2.05) is 0 Å². The van der Waals surface area contributed by atoms with Crippen LogP contribution in [0.3, 0.4) is 0 Å². The second-order valence-corrected chi connectivity index (χ2v) is 6.43. The first kappa shape index (κ1) is 16.8. The largest absolute Gasteiger partial charge is 0.481 e. The van der Waals surface area contributed by atoms with Gasteiger partial charge in [0.2, 0.25) is 5.25 Å². The van der Waals surface area contributed by atoms with E-state index in [0.29, 0.717) is 0 Å². The lowest BCUT2D eigenvalue weighted by molar-refractivity contribution is -0.139. The van der Waals surface area contributed by atoms with Crippen molar-refractivity contribution in [1.29, 1.82) is 0 Å². The SMILES string of the molecule is O=C(O)CCC(C(C(=O)O)S(=O)(=O)O)S(=O)(=O)O. The van der Waals surface area contributed by atoms with Crippen molar-refractivity contribution >= 4 is 32.2 Å². The molecule has 0 saturated carbocycles. The number of aliphatic carboxylic acids is 2. The summed E-state index contributed by atoms with van der Waals surface area (Å²) in [4.78, 5) is 20.9. The van der Waals surface area contributed by atoms with Crippen molar-refractivity contribution in [2.24, 2.45) is 0 Å². The van der Waals surface area contributed by atoms with Crippen LogP contribution in [0.25, 0.3) is 0 Å². The molecule has 0 bridgehead atoms. The molecule has 0 aliphatic carbocycles. The minimum absolute atomic E-state index is 0.899. The Morgan fingerprint density at radius 1 is 0.944 bits per heavy atom. The molecule has 0 spiro atoms. The zero-order valence-electron chi connectivity index (χ0n) is 8.62. The van der Waals surface area contributed by atoms with Gasteiger partial charge in [0.05, 0.1) is 0 Å². The Bertz CT molecular complexity index is 529. The molecule has 0 radical (unpaired) electrons. The van der Waals surface area contributed by atoms with E-state index >= 15 is 0 Å². The lowest BCUT2D eigenvalue weighted by Crippen LogP contribution is -2.45. The molecule has 0 aliphatic rings. The van der Waals surface area contributed by atoms with Gasteiger partial charge in [-0.15, -0.1) is 0 Å². The number of carboxylic acid groups (broad SMARTS) is 2. The number of hydrogen-bond donors (Lipinski definition) is 4. The maximum Gasteiger partial charge on any atom is 0.325 e. The Morgan fingerprint density at radius 3 is 1.61 bits per heavy atom. The van der Waals surface area contributed by atoms with Crippen molar-refractivity contribution in [1.82, 2.24) is 0 Å². The van der Waals surface area contributed by atoms with Crippen molar-refractivity contribution in [2.45, 2.75) is 23.3 Å². The molecule has 0 aromatic carbocycles. The maximum absolute atomic E-state index is 10.9. The highest BCUT2D eigenvalue weighted by molar-refractivity contribution is 7.91. The van der Waals surface area contributed by atoms with Gasteiger partial charge in [-0.1, -0.05) is 0 Å². The minimum atomic E-state index is -5.33. The van der Waals surface area contributed by atoms with Crippen LogP contribution in [-0.2, 0) is 29.8 Å². The van der Waals surface area contributed by atoms with E-state index in [4.69, 9.17) is 19.3 Å². The fourth-order valence-corrected chi connectivity index (χ4v) is 3.66. The summed E-state index contributed by atoms with van der Waals surface area (Å²) in [5, 5.41) is 11.5. The first-order chi connectivity index (χ1) is 7.87. The van der Waals surface area contributed by atoms with Gasteiger partial charge in [-0.05, 0) is 6.42 Å². The Kier molecular flexibility index (Phi) is 5.21. The van der Waals surface area contributed by atoms with Gasteiger partial charge in [0.15, 0.2) is 0 Å². The topological polar surface area (TPSA) is 183 Å². The Hall–Kier alpha value is -1.24. The zero-order chi connectivity index (χ0) is 14.7. The summed E-state index contributed by atoms with van der Waals surface area (Å²) in [6.45, 7) is 0. The van der Waals surface area contributed by atoms with Crippen LogP contribution < -0.4 is 0 Å². The first-order valence-electron chi connectivity index (χ1n) is 4.24. The molecule has 0 aliphatic heterocycles. The van der Waals surface area contributed by atoms with Crippen LogP contribution in [0, 0.1) is 0 Å². The normalized spacial score (nSPS) is 15.9. The van der Waals surface area contributed by atoms with Gasteiger partial charge < -0.3 is 10.2 Å². The molecule has 0 aromatic heterocycles. The van der Waals surface area contributed by atoms with Gasteiger partial charge in [-0.25, -0.2) is 0 Å². The monoisotopic (exact) mass is 306 g/mol. The highest BCUT2D eigenvalue weighted by Gasteiger charge is 2.45. The summed E-state index contributed by atoms with van der Waals surface area (Å²) >= 11 is 0. The Morgan fingerprint density at radius 2 is 1.39 bits per heavy atom. The summed E-state index contributed by atoms with van der Waals surface area (Å²) < 4.78 is 60.6. The third-order valence-electron chi connectivity index (χ3n) is 1.93. The molecule has 0 saturated heterocycles. The van der Waals surface area contributed by atoms with Crippen molar-refractivity contribution in [3.8, 4) is 0 Å². The Labute approximate surface area is 102 Å². The molecule has 106 valence electrons. The molecule has 2 atom stereocenters. The van der Waals surface area contributed by atoms with Gasteiger partial charge in [0, 0.05) is 6.42 Å². The predicted molar refractivity (Wildman–Crippen MR) is 55.2 cm³/mol. The second kappa shape index (κ2) is 5.60. The lowest BCUT2D eigenvalue weighted by atomic mass is 10.2. The van der Waals surface area contributed by atoms with E-state index in [9.17, 15) is 26.4 Å². The maximum atomic E-state index is 10.9. The van der Waals surface area contributed by atoms with E-state index in [1.165, 1.54) is 0 Å². The van der Waals surface area contributed by atoms with Gasteiger partial charge in [0.1, 0.15) is 5.25 Å². The summed E-state index contributed by atoms with van der Waals surface area (Å²) in [6.07, 6.45) is -1.88. The third-order valence-corrected chi connectivity index (χ3v) is 4.54. The molecule has 0 aromatic rings. The first-order valence-corrected chi connectivity index (χ1v) is 7.25. The van der Waals surface area contributed by atoms with E-state index in [-0.39, 0.29) is 0 Å². The molecule has 2 unspecified atom stereocenters. The van der Waals surface area contributed by atoms with Crippen LogP contribution in [0.5, 0.6) is 0 Å². The standard InChI is InChI=1S/C6H10O10S2/c7-4(8)2-1-3(17(11,12)13)5(6(9)10)18(14,15)16/h3,5H,1-2H2,(H,7,8)(H,9,10)(H,11,12,13)(H,14,15,16). The summed E-state index contributed by atoms with van der Waals surface area (Å²) in [7, 11) is -10.5. The molecule has 12 heteroatoms. The number of rotatable bonds is 7. The molecule has 0 fully saturated rings. The molecular formula is C6H10O10S2. The zero-order valence-corrected chi connectivity index (χ0v) is 10.3. The van der Waals surface area contributed by atoms with Crippen LogP contribution in [0.2, 0.25) is 0 Å². The van der Waals surface area contributed by atoms with Gasteiger partial charge in [-0.3, -0.25) is 18.7 Å². The van der Waals surface area contributed by atoms with Crippen molar-refractivity contribution in [3.63, 3.8) is 0 Å². The Balaban J connectivity index is 5.55. The van der Waals surface area contributed by atoms with Gasteiger partial charge in [0.25, 0.3) is 20.2 Å². The van der Waals surface area contributed by atoms with Crippen LogP contribution in [0.1, 0.15) is 12.8 Å². The summed E-state index contributed by atoms with van der Waals surface area (Å²) in [5.41, 5.74) is 0. The van der Waals surface area contributed by atoms with E-state index < -0.39 is 55.5 Å². The number of hydrogen-bond acceptors (Lipinski definition) is 6. The lowest BCUT2D eigenvalue weighted by Gasteiger charge is -2.18. The third kappa shape index (κ3) is 4.95. The molecular weight excluding hydrogens is 296 g/mol. The van der Waals surface area contributed by atoms with E-state index in [0.717, 1.165) is 0 Å². The summed E-state index contributed by atoms with van der Waals surface area (Å²) in [6, 6.07) is 0. The molecule has 18 heavy (non-hydrogen) atoms. The van der Waals surface area contributed by atoms with Crippen molar-refractivity contribution < 1.29 is 45.7 Å². The van der Waals surface area contributed by atoms with Gasteiger partial charge in [-0.2, -0.15) is 16.8 Å². The average molecular weight is 306 g/mol.